The normalized spacial score (nSPS) is 51.7. The standard InChI is InChI=1S/C22H28O7/c1-10-12-7-13-15-21(8-12,17(10)27-11(2)24)19(26)29-14-5-6-20(3,4)16(18(25)28-13)22(14,15)9-23/h9,12-18,25H,1,5-8H2,2-4H3/t12?,13?,14?,15?,16?,17-,18-,21?,22-/m0/s1. The van der Waals surface area contributed by atoms with Crippen molar-refractivity contribution in [1.82, 2.24) is 0 Å². The van der Waals surface area contributed by atoms with E-state index in [2.05, 4.69) is 6.58 Å². The minimum Gasteiger partial charge on any atom is -0.461 e. The van der Waals surface area contributed by atoms with Crippen LogP contribution in [0.3, 0.4) is 0 Å². The van der Waals surface area contributed by atoms with Crippen molar-refractivity contribution >= 4 is 18.2 Å². The van der Waals surface area contributed by atoms with Crippen LogP contribution < -0.4 is 0 Å². The lowest BCUT2D eigenvalue weighted by Crippen LogP contribution is -2.76. The first-order chi connectivity index (χ1) is 13.6. The second kappa shape index (κ2) is 5.70. The fourth-order valence-corrected chi connectivity index (χ4v) is 7.72. The summed E-state index contributed by atoms with van der Waals surface area (Å²) in [5.74, 6) is -2.05. The molecular weight excluding hydrogens is 376 g/mol. The molecule has 9 atom stereocenters. The van der Waals surface area contributed by atoms with Crippen molar-refractivity contribution in [3.63, 3.8) is 0 Å². The summed E-state index contributed by atoms with van der Waals surface area (Å²) in [6.07, 6.45) is 0.0915. The Morgan fingerprint density at radius 2 is 2.07 bits per heavy atom. The van der Waals surface area contributed by atoms with Crippen molar-refractivity contribution < 1.29 is 33.7 Å². The van der Waals surface area contributed by atoms with Gasteiger partial charge in [-0.2, -0.15) is 0 Å². The van der Waals surface area contributed by atoms with Gasteiger partial charge in [-0.3, -0.25) is 9.59 Å². The highest BCUT2D eigenvalue weighted by Crippen LogP contribution is 2.72. The molecular formula is C22H28O7. The Morgan fingerprint density at radius 1 is 1.34 bits per heavy atom. The van der Waals surface area contributed by atoms with E-state index in [0.717, 1.165) is 6.29 Å². The Hall–Kier alpha value is -1.73. The van der Waals surface area contributed by atoms with E-state index >= 15 is 0 Å². The number of fused-ring (bicyclic) bond motifs is 1. The van der Waals surface area contributed by atoms with Gasteiger partial charge >= 0.3 is 11.9 Å². The van der Waals surface area contributed by atoms with Crippen LogP contribution in [-0.4, -0.2) is 47.9 Å². The molecule has 5 fully saturated rings. The summed E-state index contributed by atoms with van der Waals surface area (Å²) >= 11 is 0. The van der Waals surface area contributed by atoms with E-state index in [1.807, 2.05) is 13.8 Å². The second-order valence-corrected chi connectivity index (χ2v) is 10.3. The molecule has 3 aliphatic carbocycles. The van der Waals surface area contributed by atoms with Crippen LogP contribution in [0.15, 0.2) is 12.2 Å². The van der Waals surface area contributed by atoms with Gasteiger partial charge in [-0.15, -0.1) is 0 Å². The Morgan fingerprint density at radius 3 is 2.72 bits per heavy atom. The Labute approximate surface area is 169 Å². The molecule has 3 saturated carbocycles. The first kappa shape index (κ1) is 19.2. The molecule has 2 aliphatic heterocycles. The molecule has 2 bridgehead atoms. The number of rotatable bonds is 2. The van der Waals surface area contributed by atoms with Gasteiger partial charge in [0.25, 0.3) is 0 Å². The minimum atomic E-state index is -1.19. The zero-order chi connectivity index (χ0) is 20.9. The highest BCUT2D eigenvalue weighted by molar-refractivity contribution is 5.85. The fourth-order valence-electron chi connectivity index (χ4n) is 7.72. The minimum absolute atomic E-state index is 0.0891. The van der Waals surface area contributed by atoms with Crippen molar-refractivity contribution in [3.05, 3.63) is 12.2 Å². The number of esters is 2. The van der Waals surface area contributed by atoms with E-state index in [-0.39, 0.29) is 11.3 Å². The number of aliphatic hydroxyl groups is 1. The van der Waals surface area contributed by atoms with Crippen LogP contribution in [0.5, 0.6) is 0 Å². The monoisotopic (exact) mass is 404 g/mol. The summed E-state index contributed by atoms with van der Waals surface area (Å²) in [4.78, 5) is 38.3. The molecule has 0 aromatic rings. The number of aliphatic hydroxyl groups excluding tert-OH is 1. The summed E-state index contributed by atoms with van der Waals surface area (Å²) in [5.41, 5.74) is -1.97. The average Bonchev–Trinajstić information content (AvgIpc) is 2.84. The van der Waals surface area contributed by atoms with Gasteiger partial charge in [0.2, 0.25) is 0 Å². The first-order valence-electron chi connectivity index (χ1n) is 10.5. The van der Waals surface area contributed by atoms with E-state index in [9.17, 15) is 19.5 Å². The van der Waals surface area contributed by atoms with Crippen LogP contribution in [0.1, 0.15) is 46.5 Å². The third kappa shape index (κ3) is 2.08. The molecule has 5 rings (SSSR count). The van der Waals surface area contributed by atoms with Crippen LogP contribution >= 0.6 is 0 Å². The molecule has 0 aromatic heterocycles. The summed E-state index contributed by atoms with van der Waals surface area (Å²) in [7, 11) is 0. The average molecular weight is 404 g/mol. The number of hydrogen-bond donors (Lipinski definition) is 1. The largest absolute Gasteiger partial charge is 0.461 e. The molecule has 0 radical (unpaired) electrons. The van der Waals surface area contributed by atoms with E-state index in [1.165, 1.54) is 6.92 Å². The fraction of sp³-hybridized carbons (Fsp3) is 0.773. The van der Waals surface area contributed by atoms with Gasteiger partial charge in [-0.1, -0.05) is 20.4 Å². The van der Waals surface area contributed by atoms with Gasteiger partial charge in [0.15, 0.2) is 6.29 Å². The van der Waals surface area contributed by atoms with Crippen molar-refractivity contribution in [2.45, 2.75) is 71.1 Å². The summed E-state index contributed by atoms with van der Waals surface area (Å²) < 4.78 is 17.7. The van der Waals surface area contributed by atoms with Crippen LogP contribution in [0, 0.1) is 34.0 Å². The topological polar surface area (TPSA) is 99.1 Å². The van der Waals surface area contributed by atoms with Crippen molar-refractivity contribution in [3.8, 4) is 0 Å². The first-order valence-corrected chi connectivity index (χ1v) is 10.5. The van der Waals surface area contributed by atoms with Crippen molar-refractivity contribution in [1.29, 1.82) is 0 Å². The molecule has 29 heavy (non-hydrogen) atoms. The molecule has 7 nitrogen and oxygen atoms in total. The maximum absolute atomic E-state index is 13.5. The Kier molecular flexibility index (Phi) is 3.78. The van der Waals surface area contributed by atoms with Crippen LogP contribution in [0.4, 0.5) is 0 Å². The molecule has 1 N–H and O–H groups in total. The second-order valence-electron chi connectivity index (χ2n) is 10.3. The molecule has 6 unspecified atom stereocenters. The molecule has 0 amide bonds. The van der Waals surface area contributed by atoms with Gasteiger partial charge in [-0.25, -0.2) is 0 Å². The summed E-state index contributed by atoms with van der Waals surface area (Å²) in [6.45, 7) is 9.50. The van der Waals surface area contributed by atoms with Crippen molar-refractivity contribution in [2.24, 2.45) is 34.0 Å². The lowest BCUT2D eigenvalue weighted by molar-refractivity contribution is -0.346. The number of aldehydes is 1. The van der Waals surface area contributed by atoms with Gasteiger partial charge in [0.05, 0.1) is 11.5 Å². The number of hydrogen-bond acceptors (Lipinski definition) is 7. The molecule has 2 heterocycles. The quantitative estimate of drug-likeness (QED) is 0.425. The number of ether oxygens (including phenoxy) is 3. The van der Waals surface area contributed by atoms with E-state index < -0.39 is 59.2 Å². The number of carbonyl (C=O) groups is 3. The van der Waals surface area contributed by atoms with Crippen LogP contribution in [0.2, 0.25) is 0 Å². The van der Waals surface area contributed by atoms with E-state index in [4.69, 9.17) is 14.2 Å². The van der Waals surface area contributed by atoms with Crippen LogP contribution in [-0.2, 0) is 28.6 Å². The lowest BCUT2D eigenvalue weighted by atomic mass is 9.42. The predicted molar refractivity (Wildman–Crippen MR) is 99.1 cm³/mol. The lowest BCUT2D eigenvalue weighted by Gasteiger charge is -2.67. The molecule has 158 valence electrons. The molecule has 1 spiro atoms. The highest BCUT2D eigenvalue weighted by atomic mass is 16.6. The third-order valence-electron chi connectivity index (χ3n) is 8.60. The van der Waals surface area contributed by atoms with Gasteiger partial charge in [-0.05, 0) is 42.6 Å². The zero-order valence-corrected chi connectivity index (χ0v) is 17.1. The van der Waals surface area contributed by atoms with Gasteiger partial charge < -0.3 is 24.1 Å². The van der Waals surface area contributed by atoms with Gasteiger partial charge in [0, 0.05) is 18.8 Å². The zero-order valence-electron chi connectivity index (χ0n) is 17.1. The van der Waals surface area contributed by atoms with Crippen LogP contribution in [0.25, 0.3) is 0 Å². The molecule has 7 heteroatoms. The van der Waals surface area contributed by atoms with E-state index in [0.29, 0.717) is 31.3 Å². The van der Waals surface area contributed by atoms with Crippen molar-refractivity contribution in [2.75, 3.05) is 0 Å². The Balaban J connectivity index is 1.75. The summed E-state index contributed by atoms with van der Waals surface area (Å²) in [5, 5.41) is 11.0. The highest BCUT2D eigenvalue weighted by Gasteiger charge is 2.80. The molecule has 5 aliphatic rings. The maximum Gasteiger partial charge on any atom is 0.316 e. The molecule has 0 aromatic carbocycles. The Bertz CT molecular complexity index is 818. The van der Waals surface area contributed by atoms with E-state index in [1.54, 1.807) is 0 Å². The smallest absolute Gasteiger partial charge is 0.316 e. The SMILES string of the molecule is C=C1C2CC3O[C@H](O)C4C(C)(C)CCC5OC(=O)C(C2)(C3[C@]54C=O)[C@H]1OC(C)=O. The molecule has 2 saturated heterocycles. The maximum atomic E-state index is 13.5. The predicted octanol–water partition coefficient (Wildman–Crippen LogP) is 1.76. The number of carbonyl (C=O) groups excluding carboxylic acids is 3. The van der Waals surface area contributed by atoms with Gasteiger partial charge in [0.1, 0.15) is 23.9 Å². The summed E-state index contributed by atoms with van der Waals surface area (Å²) in [6, 6.07) is 0. The third-order valence-corrected chi connectivity index (χ3v) is 8.60.